The van der Waals surface area contributed by atoms with E-state index in [-0.39, 0.29) is 11.4 Å². The van der Waals surface area contributed by atoms with Crippen molar-refractivity contribution in [3.05, 3.63) is 60.4 Å². The van der Waals surface area contributed by atoms with Crippen LogP contribution in [-0.4, -0.2) is 20.8 Å². The maximum absolute atomic E-state index is 13.5. The fourth-order valence-electron chi connectivity index (χ4n) is 7.75. The van der Waals surface area contributed by atoms with Crippen LogP contribution in [0.5, 0.6) is 0 Å². The molecule has 2 heterocycles. The SMILES string of the molecule is O=C(NC12CC3CC4CC(C1)C4(C3)C2)c1nc(Nc2ccccc2)n2ccccc12. The third-order valence-electron chi connectivity index (χ3n) is 8.64. The minimum absolute atomic E-state index is 0.00629. The van der Waals surface area contributed by atoms with Crippen molar-refractivity contribution in [1.29, 1.82) is 0 Å². The first kappa shape index (κ1) is 16.9. The molecule has 3 bridgehead atoms. The lowest BCUT2D eigenvalue weighted by molar-refractivity contribution is -0.000693. The van der Waals surface area contributed by atoms with Gasteiger partial charge >= 0.3 is 0 Å². The molecule has 0 saturated heterocycles. The Bertz CT molecular complexity index is 1170. The minimum atomic E-state index is -0.0182. The van der Waals surface area contributed by atoms with Gasteiger partial charge in [0.1, 0.15) is 0 Å². The van der Waals surface area contributed by atoms with E-state index in [1.54, 1.807) is 0 Å². The fraction of sp³-hybridized carbons (Fsp3) is 0.440. The van der Waals surface area contributed by atoms with Crippen molar-refractivity contribution < 1.29 is 4.79 Å². The molecule has 0 aliphatic heterocycles. The van der Waals surface area contributed by atoms with Gasteiger partial charge in [-0.1, -0.05) is 24.3 Å². The summed E-state index contributed by atoms with van der Waals surface area (Å²) in [5.41, 5.74) is 2.88. The van der Waals surface area contributed by atoms with Crippen molar-refractivity contribution in [2.24, 2.45) is 23.2 Å². The number of hydrogen-bond acceptors (Lipinski definition) is 3. The normalized spacial score (nSPS) is 35.3. The zero-order valence-electron chi connectivity index (χ0n) is 17.0. The van der Waals surface area contributed by atoms with Crippen LogP contribution in [0.2, 0.25) is 0 Å². The van der Waals surface area contributed by atoms with E-state index in [9.17, 15) is 4.79 Å². The average molecular weight is 399 g/mol. The second-order valence-electron chi connectivity index (χ2n) is 10.2. The molecule has 30 heavy (non-hydrogen) atoms. The molecule has 3 aromatic rings. The predicted molar refractivity (Wildman–Crippen MR) is 116 cm³/mol. The number of anilines is 2. The highest BCUT2D eigenvalue weighted by Crippen LogP contribution is 2.76. The van der Waals surface area contributed by atoms with E-state index >= 15 is 0 Å². The highest BCUT2D eigenvalue weighted by Gasteiger charge is 2.71. The number of carbonyl (C=O) groups excluding carboxylic acids is 1. The number of hydrogen-bond donors (Lipinski definition) is 2. The Kier molecular flexibility index (Phi) is 3.19. The molecule has 1 amide bonds. The number of nitrogens with one attached hydrogen (secondary N) is 2. The molecule has 4 aliphatic carbocycles. The Hall–Kier alpha value is -2.82. The lowest BCUT2D eigenvalue weighted by atomic mass is 9.56. The van der Waals surface area contributed by atoms with Crippen molar-refractivity contribution in [1.82, 2.24) is 14.7 Å². The molecule has 5 nitrogen and oxygen atoms in total. The number of carbonyl (C=O) groups is 1. The Balaban J connectivity index is 1.22. The summed E-state index contributed by atoms with van der Waals surface area (Å²) in [5.74, 6) is 3.24. The van der Waals surface area contributed by atoms with Gasteiger partial charge in [0.2, 0.25) is 5.95 Å². The lowest BCUT2D eigenvalue weighted by Crippen LogP contribution is -2.50. The number of pyridine rings is 1. The first-order valence-corrected chi connectivity index (χ1v) is 11.3. The number of rotatable bonds is 4. The second kappa shape index (κ2) is 5.65. The van der Waals surface area contributed by atoms with E-state index in [4.69, 9.17) is 4.98 Å². The lowest BCUT2D eigenvalue weighted by Gasteiger charge is -2.49. The van der Waals surface area contributed by atoms with Gasteiger partial charge in [0.15, 0.2) is 5.69 Å². The highest BCUT2D eigenvalue weighted by atomic mass is 16.2. The number of benzene rings is 1. The standard InChI is InChI=1S/C25H26N4O/c30-22(28-24-12-16-10-17-11-18(14-24)25(17,13-16)15-24)21-20-8-4-5-9-29(20)23(27-21)26-19-6-2-1-3-7-19/h1-9,16-18H,10-15H2,(H,26,27)(H,28,30). The molecule has 7 rings (SSSR count). The van der Waals surface area contributed by atoms with E-state index in [1.165, 1.54) is 32.1 Å². The number of amides is 1. The molecule has 4 aliphatic rings. The number of nitrogens with zero attached hydrogens (tertiary/aromatic N) is 2. The summed E-state index contributed by atoms with van der Waals surface area (Å²) in [7, 11) is 0. The van der Waals surface area contributed by atoms with Crippen molar-refractivity contribution in [2.75, 3.05) is 5.32 Å². The molecule has 2 aromatic heterocycles. The first-order valence-electron chi connectivity index (χ1n) is 11.3. The molecule has 4 saturated carbocycles. The summed E-state index contributed by atoms with van der Waals surface area (Å²) in [4.78, 5) is 18.3. The van der Waals surface area contributed by atoms with Gasteiger partial charge in [0, 0.05) is 17.4 Å². The summed E-state index contributed by atoms with van der Waals surface area (Å²) < 4.78 is 1.97. The highest BCUT2D eigenvalue weighted by molar-refractivity contribution is 6.00. The van der Waals surface area contributed by atoms with Crippen molar-refractivity contribution >= 4 is 23.1 Å². The van der Waals surface area contributed by atoms with Crippen LogP contribution in [0, 0.1) is 23.2 Å². The molecule has 4 fully saturated rings. The van der Waals surface area contributed by atoms with Crippen LogP contribution in [0.15, 0.2) is 54.7 Å². The average Bonchev–Trinajstić information content (AvgIpc) is 3.27. The van der Waals surface area contributed by atoms with Crippen molar-refractivity contribution in [3.8, 4) is 0 Å². The zero-order chi connectivity index (χ0) is 19.9. The summed E-state index contributed by atoms with van der Waals surface area (Å²) in [6.45, 7) is 0. The van der Waals surface area contributed by atoms with Crippen LogP contribution in [0.25, 0.3) is 5.52 Å². The molecule has 152 valence electrons. The fourth-order valence-corrected chi connectivity index (χ4v) is 7.75. The van der Waals surface area contributed by atoms with Gasteiger partial charge in [-0.05, 0) is 86.0 Å². The van der Waals surface area contributed by atoms with Crippen LogP contribution in [-0.2, 0) is 0 Å². The van der Waals surface area contributed by atoms with Gasteiger partial charge in [-0.25, -0.2) is 4.98 Å². The Morgan fingerprint density at radius 1 is 1.00 bits per heavy atom. The molecule has 1 spiro atoms. The van der Waals surface area contributed by atoms with Gasteiger partial charge in [0.25, 0.3) is 5.91 Å². The second-order valence-corrected chi connectivity index (χ2v) is 10.2. The van der Waals surface area contributed by atoms with E-state index in [1.807, 2.05) is 59.1 Å². The first-order chi connectivity index (χ1) is 14.6. The van der Waals surface area contributed by atoms with Gasteiger partial charge < -0.3 is 10.6 Å². The van der Waals surface area contributed by atoms with E-state index in [0.717, 1.165) is 35.4 Å². The predicted octanol–water partition coefficient (Wildman–Crippen LogP) is 4.78. The summed E-state index contributed by atoms with van der Waals surface area (Å²) >= 11 is 0. The number of para-hydroxylation sites is 1. The number of aromatic nitrogens is 2. The molecule has 1 aromatic carbocycles. The van der Waals surface area contributed by atoms with Crippen LogP contribution in [0.4, 0.5) is 11.6 Å². The Morgan fingerprint density at radius 3 is 2.77 bits per heavy atom. The largest absolute Gasteiger partial charge is 0.345 e. The van der Waals surface area contributed by atoms with E-state index in [2.05, 4.69) is 10.6 Å². The zero-order valence-corrected chi connectivity index (χ0v) is 17.0. The van der Waals surface area contributed by atoms with E-state index in [0.29, 0.717) is 17.1 Å². The number of imidazole rings is 1. The van der Waals surface area contributed by atoms with Crippen molar-refractivity contribution in [2.45, 2.75) is 44.1 Å². The monoisotopic (exact) mass is 398 g/mol. The Morgan fingerprint density at radius 2 is 1.87 bits per heavy atom. The topological polar surface area (TPSA) is 58.4 Å². The van der Waals surface area contributed by atoms with Gasteiger partial charge in [-0.15, -0.1) is 0 Å². The van der Waals surface area contributed by atoms with E-state index < -0.39 is 0 Å². The van der Waals surface area contributed by atoms with Crippen LogP contribution < -0.4 is 10.6 Å². The molecule has 0 radical (unpaired) electrons. The third kappa shape index (κ3) is 2.18. The Labute approximate surface area is 175 Å². The summed E-state index contributed by atoms with van der Waals surface area (Å²) in [6.07, 6.45) is 9.69. The number of fused-ring (bicyclic) bond motifs is 3. The smallest absolute Gasteiger partial charge is 0.272 e. The van der Waals surface area contributed by atoms with Crippen LogP contribution in [0.3, 0.4) is 0 Å². The van der Waals surface area contributed by atoms with Crippen LogP contribution >= 0.6 is 0 Å². The van der Waals surface area contributed by atoms with Crippen molar-refractivity contribution in [3.63, 3.8) is 0 Å². The van der Waals surface area contributed by atoms with Gasteiger partial charge in [-0.3, -0.25) is 9.20 Å². The quantitative estimate of drug-likeness (QED) is 0.665. The molecule has 5 heteroatoms. The third-order valence-corrected chi connectivity index (χ3v) is 8.64. The maximum Gasteiger partial charge on any atom is 0.272 e. The minimum Gasteiger partial charge on any atom is -0.345 e. The van der Waals surface area contributed by atoms with Gasteiger partial charge in [0.05, 0.1) is 5.52 Å². The molecule has 5 atom stereocenters. The van der Waals surface area contributed by atoms with Gasteiger partial charge in [-0.2, -0.15) is 0 Å². The molecular weight excluding hydrogens is 372 g/mol. The van der Waals surface area contributed by atoms with Crippen LogP contribution in [0.1, 0.15) is 49.0 Å². The molecular formula is C25H26N4O. The molecule has 5 unspecified atom stereocenters. The summed E-state index contributed by atoms with van der Waals surface area (Å²) in [6, 6.07) is 15.9. The summed E-state index contributed by atoms with van der Waals surface area (Å²) in [5, 5.41) is 6.89. The molecule has 2 N–H and O–H groups in total. The maximum atomic E-state index is 13.5.